The molecule has 3 aromatic carbocycles. The lowest BCUT2D eigenvalue weighted by molar-refractivity contribution is -0.139. The summed E-state index contributed by atoms with van der Waals surface area (Å²) < 4.78 is 29.3. The maximum atomic E-state index is 13.8. The molecule has 1 N–H and O–H groups in total. The molecule has 38 heavy (non-hydrogen) atoms. The summed E-state index contributed by atoms with van der Waals surface area (Å²) >= 11 is 15.7. The van der Waals surface area contributed by atoms with Crippen LogP contribution in [0.25, 0.3) is 0 Å². The Kier molecular flexibility index (Phi) is 10.6. The first-order valence-electron chi connectivity index (χ1n) is 11.9. The molecule has 0 saturated carbocycles. The number of sulfonamides is 1. The van der Waals surface area contributed by atoms with Crippen molar-refractivity contribution in [1.82, 2.24) is 10.2 Å². The van der Waals surface area contributed by atoms with Gasteiger partial charge in [0.2, 0.25) is 11.8 Å². The number of anilines is 1. The summed E-state index contributed by atoms with van der Waals surface area (Å²) in [6.45, 7) is 3.54. The van der Waals surface area contributed by atoms with Crippen molar-refractivity contribution in [3.63, 3.8) is 0 Å². The topological polar surface area (TPSA) is 86.8 Å². The third kappa shape index (κ3) is 7.50. The van der Waals surface area contributed by atoms with Gasteiger partial charge in [0.15, 0.2) is 0 Å². The van der Waals surface area contributed by atoms with E-state index in [1.165, 1.54) is 35.2 Å². The number of nitrogens with one attached hydrogen (secondary N) is 1. The lowest BCUT2D eigenvalue weighted by Gasteiger charge is -2.32. The van der Waals surface area contributed by atoms with Crippen LogP contribution in [0.15, 0.2) is 82.2 Å². The molecule has 7 nitrogen and oxygen atoms in total. The molecule has 0 aliphatic heterocycles. The Morgan fingerprint density at radius 2 is 1.68 bits per heavy atom. The smallest absolute Gasteiger partial charge is 0.264 e. The molecule has 1 atom stereocenters. The quantitative estimate of drug-likeness (QED) is 0.283. The van der Waals surface area contributed by atoms with Gasteiger partial charge in [0.25, 0.3) is 10.0 Å². The predicted molar refractivity (Wildman–Crippen MR) is 155 cm³/mol. The van der Waals surface area contributed by atoms with Crippen molar-refractivity contribution in [2.24, 2.45) is 0 Å². The van der Waals surface area contributed by atoms with Crippen LogP contribution < -0.4 is 9.62 Å². The standard InChI is InChI=1S/C27H28BrCl2N3O4S/c1-3-14-31-27(35)19(2)32(17-20-8-7-9-21(28)15-20)26(34)18-33(22-12-13-24(29)25(30)16-22)38(36,37)23-10-5-4-6-11-23/h4-13,15-16,19H,3,14,17-18H2,1-2H3,(H,31,35)/t19-/m0/s1. The monoisotopic (exact) mass is 639 g/mol. The predicted octanol–water partition coefficient (Wildman–Crippen LogP) is 5.89. The van der Waals surface area contributed by atoms with Crippen molar-refractivity contribution in [3.8, 4) is 0 Å². The molecule has 0 bridgehead atoms. The Hall–Kier alpha value is -2.59. The van der Waals surface area contributed by atoms with Crippen molar-refractivity contribution in [2.75, 3.05) is 17.4 Å². The Balaban J connectivity index is 2.03. The van der Waals surface area contributed by atoms with E-state index in [9.17, 15) is 18.0 Å². The lowest BCUT2D eigenvalue weighted by Crippen LogP contribution is -2.51. The second kappa shape index (κ2) is 13.5. The van der Waals surface area contributed by atoms with E-state index < -0.39 is 28.5 Å². The van der Waals surface area contributed by atoms with Gasteiger partial charge < -0.3 is 10.2 Å². The summed E-state index contributed by atoms with van der Waals surface area (Å²) in [6, 6.07) is 18.6. The van der Waals surface area contributed by atoms with Crippen LogP contribution in [-0.4, -0.2) is 44.3 Å². The van der Waals surface area contributed by atoms with E-state index in [2.05, 4.69) is 21.2 Å². The normalized spacial score (nSPS) is 12.0. The van der Waals surface area contributed by atoms with Gasteiger partial charge in [-0.1, -0.05) is 76.4 Å². The van der Waals surface area contributed by atoms with Gasteiger partial charge >= 0.3 is 0 Å². The number of nitrogens with zero attached hydrogens (tertiary/aromatic N) is 2. The number of halogens is 3. The van der Waals surface area contributed by atoms with Crippen molar-refractivity contribution >= 4 is 66.7 Å². The maximum Gasteiger partial charge on any atom is 0.264 e. The molecule has 0 aliphatic carbocycles. The van der Waals surface area contributed by atoms with E-state index >= 15 is 0 Å². The minimum atomic E-state index is -4.18. The van der Waals surface area contributed by atoms with Crippen molar-refractivity contribution in [2.45, 2.75) is 37.8 Å². The number of hydrogen-bond donors (Lipinski definition) is 1. The molecule has 3 rings (SSSR count). The average Bonchev–Trinajstić information content (AvgIpc) is 2.90. The van der Waals surface area contributed by atoms with Crippen LogP contribution in [0.5, 0.6) is 0 Å². The number of rotatable bonds is 11. The van der Waals surface area contributed by atoms with Crippen LogP contribution in [-0.2, 0) is 26.2 Å². The minimum Gasteiger partial charge on any atom is -0.354 e. The Labute approximate surface area is 241 Å². The summed E-state index contributed by atoms with van der Waals surface area (Å²) in [4.78, 5) is 28.1. The van der Waals surface area contributed by atoms with Gasteiger partial charge in [-0.2, -0.15) is 0 Å². The van der Waals surface area contributed by atoms with E-state index in [1.807, 2.05) is 31.2 Å². The van der Waals surface area contributed by atoms with E-state index in [0.29, 0.717) is 6.54 Å². The highest BCUT2D eigenvalue weighted by Crippen LogP contribution is 2.31. The first-order valence-corrected chi connectivity index (χ1v) is 14.9. The molecule has 0 spiro atoms. The lowest BCUT2D eigenvalue weighted by atomic mass is 10.1. The third-order valence-electron chi connectivity index (χ3n) is 5.76. The Bertz CT molecular complexity index is 1390. The number of hydrogen-bond acceptors (Lipinski definition) is 4. The molecule has 0 saturated heterocycles. The molecule has 0 radical (unpaired) electrons. The molecule has 11 heteroatoms. The van der Waals surface area contributed by atoms with E-state index in [-0.39, 0.29) is 33.1 Å². The first kappa shape index (κ1) is 30.0. The summed E-state index contributed by atoms with van der Waals surface area (Å²) in [5.41, 5.74) is 0.942. The van der Waals surface area contributed by atoms with Crippen LogP contribution in [0.3, 0.4) is 0 Å². The van der Waals surface area contributed by atoms with Crippen molar-refractivity contribution in [3.05, 3.63) is 92.9 Å². The first-order chi connectivity index (χ1) is 18.0. The highest BCUT2D eigenvalue weighted by atomic mass is 79.9. The SMILES string of the molecule is CCCNC(=O)[C@H](C)N(Cc1cccc(Br)c1)C(=O)CN(c1ccc(Cl)c(Cl)c1)S(=O)(=O)c1ccccc1. The molecule has 202 valence electrons. The number of benzene rings is 3. The van der Waals surface area contributed by atoms with E-state index in [1.54, 1.807) is 25.1 Å². The molecule has 0 heterocycles. The highest BCUT2D eigenvalue weighted by Gasteiger charge is 2.32. The second-order valence-electron chi connectivity index (χ2n) is 8.54. The number of amides is 2. The number of carbonyl (C=O) groups is 2. The average molecular weight is 641 g/mol. The van der Waals surface area contributed by atoms with Gasteiger partial charge in [-0.3, -0.25) is 13.9 Å². The molecule has 0 fully saturated rings. The molecular weight excluding hydrogens is 613 g/mol. The summed E-state index contributed by atoms with van der Waals surface area (Å²) in [7, 11) is -4.18. The molecule has 0 unspecified atom stereocenters. The van der Waals surface area contributed by atoms with Crippen molar-refractivity contribution < 1.29 is 18.0 Å². The van der Waals surface area contributed by atoms with Crippen LogP contribution >= 0.6 is 39.1 Å². The van der Waals surface area contributed by atoms with Crippen molar-refractivity contribution in [1.29, 1.82) is 0 Å². The molecule has 2 amide bonds. The maximum absolute atomic E-state index is 13.8. The van der Waals surface area contributed by atoms with Gasteiger partial charge in [0, 0.05) is 17.6 Å². The Morgan fingerprint density at radius 1 is 0.974 bits per heavy atom. The fraction of sp³-hybridized carbons (Fsp3) is 0.259. The number of carbonyl (C=O) groups excluding carboxylic acids is 2. The minimum absolute atomic E-state index is 0.00569. The van der Waals surface area contributed by atoms with Gasteiger partial charge in [-0.25, -0.2) is 8.42 Å². The van der Waals surface area contributed by atoms with Crippen LogP contribution in [0.2, 0.25) is 10.0 Å². The fourth-order valence-corrected chi connectivity index (χ4v) is 5.87. The third-order valence-corrected chi connectivity index (χ3v) is 8.78. The summed E-state index contributed by atoms with van der Waals surface area (Å²) in [5, 5.41) is 3.20. The highest BCUT2D eigenvalue weighted by molar-refractivity contribution is 9.10. The fourth-order valence-electron chi connectivity index (χ4n) is 3.70. The zero-order valence-electron chi connectivity index (χ0n) is 20.9. The van der Waals surface area contributed by atoms with Crippen LogP contribution in [0.1, 0.15) is 25.8 Å². The zero-order valence-corrected chi connectivity index (χ0v) is 24.8. The second-order valence-corrected chi connectivity index (χ2v) is 12.1. The van der Waals surface area contributed by atoms with Gasteiger partial charge in [-0.15, -0.1) is 0 Å². The van der Waals surface area contributed by atoms with Gasteiger partial charge in [0.1, 0.15) is 12.6 Å². The van der Waals surface area contributed by atoms with Gasteiger partial charge in [0.05, 0.1) is 20.6 Å². The molecule has 3 aromatic rings. The molecule has 0 aromatic heterocycles. The molecular formula is C27H28BrCl2N3O4S. The Morgan fingerprint density at radius 3 is 2.32 bits per heavy atom. The largest absolute Gasteiger partial charge is 0.354 e. The van der Waals surface area contributed by atoms with Gasteiger partial charge in [-0.05, 0) is 61.4 Å². The summed E-state index contributed by atoms with van der Waals surface area (Å²) in [5.74, 6) is -0.892. The summed E-state index contributed by atoms with van der Waals surface area (Å²) in [6.07, 6.45) is 0.735. The van der Waals surface area contributed by atoms with Crippen LogP contribution in [0.4, 0.5) is 5.69 Å². The van der Waals surface area contributed by atoms with E-state index in [4.69, 9.17) is 23.2 Å². The van der Waals surface area contributed by atoms with Crippen LogP contribution in [0, 0.1) is 0 Å². The van der Waals surface area contributed by atoms with E-state index in [0.717, 1.165) is 20.8 Å². The molecule has 0 aliphatic rings. The zero-order chi connectivity index (χ0) is 27.9.